The van der Waals surface area contributed by atoms with Gasteiger partial charge in [0.1, 0.15) is 0 Å². The van der Waals surface area contributed by atoms with E-state index in [0.717, 1.165) is 14.5 Å². The monoisotopic (exact) mass is 310 g/mol. The van der Waals surface area contributed by atoms with E-state index in [-0.39, 0.29) is 12.4 Å². The molecule has 114 valence electrons. The van der Waals surface area contributed by atoms with Gasteiger partial charge in [-0.05, 0) is 0 Å². The molecule has 0 unspecified atom stereocenters. The standard InChI is InChI=1S/C14H17N3O3.ClH/c18-15(11-7-13-5-1-3-9-16(13)19)12-8-14-6-2-4-10-17(14)20;/h1-6,9-10,18H,7-8,11-12H2;1H/p-1. The maximum absolute atomic E-state index is 11.4. The SMILES string of the molecule is [Cl-].[O-][n+]1ccccc1CCN(O)CCc1cccc[n+]1[O-]. The fourth-order valence-corrected chi connectivity index (χ4v) is 1.91. The number of nitrogens with zero attached hydrogens (tertiary/aromatic N) is 3. The molecule has 0 atom stereocenters. The van der Waals surface area contributed by atoms with Crippen molar-refractivity contribution in [1.82, 2.24) is 5.06 Å². The summed E-state index contributed by atoms with van der Waals surface area (Å²) in [7, 11) is 0. The molecule has 2 aromatic heterocycles. The van der Waals surface area contributed by atoms with Gasteiger partial charge in [0.05, 0.1) is 0 Å². The Kier molecular flexibility index (Phi) is 6.87. The van der Waals surface area contributed by atoms with Crippen LogP contribution in [0.4, 0.5) is 0 Å². The zero-order valence-corrected chi connectivity index (χ0v) is 12.2. The maximum atomic E-state index is 11.4. The van der Waals surface area contributed by atoms with Gasteiger partial charge in [0.2, 0.25) is 0 Å². The van der Waals surface area contributed by atoms with E-state index in [1.807, 2.05) is 0 Å². The minimum Gasteiger partial charge on any atom is -1.00 e. The van der Waals surface area contributed by atoms with Gasteiger partial charge in [0.15, 0.2) is 23.8 Å². The lowest BCUT2D eigenvalue weighted by Crippen LogP contribution is -3.00. The van der Waals surface area contributed by atoms with Crippen molar-refractivity contribution in [2.45, 2.75) is 12.8 Å². The second kappa shape index (κ2) is 8.41. The van der Waals surface area contributed by atoms with Crippen LogP contribution in [0.2, 0.25) is 0 Å². The van der Waals surface area contributed by atoms with Gasteiger partial charge in [-0.3, -0.25) is 0 Å². The molecular weight excluding hydrogens is 294 g/mol. The van der Waals surface area contributed by atoms with Crippen molar-refractivity contribution in [1.29, 1.82) is 0 Å². The van der Waals surface area contributed by atoms with Gasteiger partial charge in [-0.1, -0.05) is 12.1 Å². The Hall–Kier alpha value is -1.89. The first-order chi connectivity index (χ1) is 9.66. The van der Waals surface area contributed by atoms with Crippen molar-refractivity contribution in [2.24, 2.45) is 0 Å². The van der Waals surface area contributed by atoms with Gasteiger partial charge >= 0.3 is 0 Å². The summed E-state index contributed by atoms with van der Waals surface area (Å²) in [4.78, 5) is 0. The highest BCUT2D eigenvalue weighted by Crippen LogP contribution is 1.98. The highest BCUT2D eigenvalue weighted by atomic mass is 35.5. The molecule has 0 aliphatic heterocycles. The van der Waals surface area contributed by atoms with Gasteiger partial charge in [-0.15, -0.1) is 0 Å². The highest BCUT2D eigenvalue weighted by Gasteiger charge is 2.10. The van der Waals surface area contributed by atoms with Crippen LogP contribution in [0.5, 0.6) is 0 Å². The van der Waals surface area contributed by atoms with Gasteiger partial charge in [-0.25, -0.2) is 0 Å². The minimum atomic E-state index is 0. The normalized spacial score (nSPS) is 10.4. The van der Waals surface area contributed by atoms with Crippen LogP contribution in [-0.4, -0.2) is 23.4 Å². The average molecular weight is 311 g/mol. The molecule has 0 spiro atoms. The third-order valence-electron chi connectivity index (χ3n) is 3.06. The zero-order valence-electron chi connectivity index (χ0n) is 11.4. The second-order valence-corrected chi connectivity index (χ2v) is 4.49. The van der Waals surface area contributed by atoms with Crippen LogP contribution >= 0.6 is 0 Å². The first-order valence-electron chi connectivity index (χ1n) is 6.45. The summed E-state index contributed by atoms with van der Waals surface area (Å²) in [6.45, 7) is 0.690. The average Bonchev–Trinajstić information content (AvgIpc) is 2.45. The largest absolute Gasteiger partial charge is 1.00 e. The fraction of sp³-hybridized carbons (Fsp3) is 0.286. The van der Waals surface area contributed by atoms with Crippen LogP contribution in [0.25, 0.3) is 0 Å². The maximum Gasteiger partial charge on any atom is 0.194 e. The molecule has 0 aliphatic carbocycles. The van der Waals surface area contributed by atoms with Gasteiger partial charge in [0, 0.05) is 50.2 Å². The summed E-state index contributed by atoms with van der Waals surface area (Å²) < 4.78 is 1.58. The molecule has 2 rings (SSSR count). The van der Waals surface area contributed by atoms with Gasteiger partial charge in [-0.2, -0.15) is 14.5 Å². The molecule has 0 amide bonds. The Morgan fingerprint density at radius 1 is 0.857 bits per heavy atom. The Morgan fingerprint density at radius 2 is 1.29 bits per heavy atom. The Bertz CT molecular complexity index is 519. The van der Waals surface area contributed by atoms with Crippen LogP contribution in [0.1, 0.15) is 11.4 Å². The van der Waals surface area contributed by atoms with Crippen molar-refractivity contribution in [3.05, 3.63) is 70.6 Å². The number of hydroxylamine groups is 2. The summed E-state index contributed by atoms with van der Waals surface area (Å²) in [5.74, 6) is 0. The highest BCUT2D eigenvalue weighted by molar-refractivity contribution is 4.99. The van der Waals surface area contributed by atoms with E-state index in [0.29, 0.717) is 37.3 Å². The van der Waals surface area contributed by atoms with E-state index in [2.05, 4.69) is 0 Å². The summed E-state index contributed by atoms with van der Waals surface area (Å²) >= 11 is 0. The third kappa shape index (κ3) is 5.18. The lowest BCUT2D eigenvalue weighted by atomic mass is 10.2. The predicted molar refractivity (Wildman–Crippen MR) is 71.6 cm³/mol. The predicted octanol–water partition coefficient (Wildman–Crippen LogP) is -2.57. The van der Waals surface area contributed by atoms with Crippen LogP contribution in [0.15, 0.2) is 48.8 Å². The van der Waals surface area contributed by atoms with E-state index in [1.54, 1.807) is 36.4 Å². The molecule has 0 saturated carbocycles. The molecule has 21 heavy (non-hydrogen) atoms. The summed E-state index contributed by atoms with van der Waals surface area (Å²) in [5.41, 5.74) is 1.20. The van der Waals surface area contributed by atoms with Crippen molar-refractivity contribution in [3.63, 3.8) is 0 Å². The molecule has 2 heterocycles. The van der Waals surface area contributed by atoms with Crippen molar-refractivity contribution in [3.8, 4) is 0 Å². The molecule has 6 nitrogen and oxygen atoms in total. The number of halogens is 1. The summed E-state index contributed by atoms with van der Waals surface area (Å²) in [6.07, 6.45) is 3.77. The Balaban J connectivity index is 0.00000220. The lowest BCUT2D eigenvalue weighted by Gasteiger charge is -2.14. The number of pyridine rings is 2. The Morgan fingerprint density at radius 3 is 1.67 bits per heavy atom. The van der Waals surface area contributed by atoms with Crippen molar-refractivity contribution < 1.29 is 27.1 Å². The molecule has 1 N–H and O–H groups in total. The number of rotatable bonds is 6. The van der Waals surface area contributed by atoms with Crippen LogP contribution < -0.4 is 21.9 Å². The molecule has 0 radical (unpaired) electrons. The topological polar surface area (TPSA) is 77.3 Å². The van der Waals surface area contributed by atoms with E-state index < -0.39 is 0 Å². The molecule has 0 saturated heterocycles. The third-order valence-corrected chi connectivity index (χ3v) is 3.06. The molecule has 0 bridgehead atoms. The smallest absolute Gasteiger partial charge is 0.194 e. The van der Waals surface area contributed by atoms with E-state index >= 15 is 0 Å². The number of hydrogen-bond acceptors (Lipinski definition) is 4. The van der Waals surface area contributed by atoms with Crippen LogP contribution in [-0.2, 0) is 12.8 Å². The van der Waals surface area contributed by atoms with Gasteiger partial charge in [0.25, 0.3) is 0 Å². The zero-order chi connectivity index (χ0) is 14.4. The van der Waals surface area contributed by atoms with Crippen LogP contribution in [0, 0.1) is 10.4 Å². The molecule has 0 aliphatic rings. The molecule has 0 aromatic carbocycles. The lowest BCUT2D eigenvalue weighted by molar-refractivity contribution is -0.614. The summed E-state index contributed by atoms with van der Waals surface area (Å²) in [6, 6.07) is 10.4. The molecule has 0 fully saturated rings. The van der Waals surface area contributed by atoms with E-state index in [4.69, 9.17) is 0 Å². The number of hydrogen-bond donors (Lipinski definition) is 1. The van der Waals surface area contributed by atoms with Crippen molar-refractivity contribution >= 4 is 0 Å². The number of aromatic nitrogens is 2. The van der Waals surface area contributed by atoms with Crippen LogP contribution in [0.3, 0.4) is 0 Å². The Labute approximate surface area is 129 Å². The van der Waals surface area contributed by atoms with E-state index in [9.17, 15) is 15.6 Å². The first kappa shape index (κ1) is 17.2. The quantitative estimate of drug-likeness (QED) is 0.362. The first-order valence-corrected chi connectivity index (χ1v) is 6.45. The van der Waals surface area contributed by atoms with Gasteiger partial charge < -0.3 is 28.0 Å². The molecular formula is C14H17ClN3O3-. The minimum absolute atomic E-state index is 0. The molecule has 2 aromatic rings. The summed E-state index contributed by atoms with van der Waals surface area (Å²) in [5, 5.41) is 33.7. The van der Waals surface area contributed by atoms with E-state index in [1.165, 1.54) is 12.4 Å². The second-order valence-electron chi connectivity index (χ2n) is 4.49. The molecule has 7 heteroatoms. The fourth-order valence-electron chi connectivity index (χ4n) is 1.91. The van der Waals surface area contributed by atoms with Crippen molar-refractivity contribution in [2.75, 3.05) is 13.1 Å².